The van der Waals surface area contributed by atoms with Crippen LogP contribution in [0.15, 0.2) is 12.1 Å². The summed E-state index contributed by atoms with van der Waals surface area (Å²) in [6, 6.07) is 3.94. The van der Waals surface area contributed by atoms with E-state index in [0.29, 0.717) is 5.92 Å². The Labute approximate surface area is 120 Å². The predicted molar refractivity (Wildman–Crippen MR) is 78.5 cm³/mol. The van der Waals surface area contributed by atoms with Crippen molar-refractivity contribution in [2.75, 3.05) is 0 Å². The maximum absolute atomic E-state index is 10.8. The molecule has 2 rings (SSSR count). The molecule has 0 aliphatic carbocycles. The second kappa shape index (κ2) is 5.43. The van der Waals surface area contributed by atoms with Crippen LogP contribution in [-0.4, -0.2) is 17.3 Å². The molecule has 5 unspecified atom stereocenters. The molecule has 1 aromatic rings. The van der Waals surface area contributed by atoms with Crippen LogP contribution in [-0.2, 0) is 4.74 Å². The third kappa shape index (κ3) is 2.67. The Morgan fingerprint density at radius 3 is 2.26 bits per heavy atom. The number of aryl methyl sites for hydroxylation is 2. The molecule has 1 N–H and O–H groups in total. The number of ether oxygens (including phenoxy) is 1. The van der Waals surface area contributed by atoms with Gasteiger partial charge in [0.1, 0.15) is 0 Å². The molecule has 1 aliphatic heterocycles. The van der Waals surface area contributed by atoms with Crippen molar-refractivity contribution in [3.8, 4) is 0 Å². The van der Waals surface area contributed by atoms with Gasteiger partial charge in [0.25, 0.3) is 0 Å². The molecule has 0 saturated carbocycles. The highest BCUT2D eigenvalue weighted by Gasteiger charge is 2.42. The second-order valence-corrected chi connectivity index (χ2v) is 6.29. The Morgan fingerprint density at radius 2 is 1.74 bits per heavy atom. The molecule has 1 aromatic carbocycles. The van der Waals surface area contributed by atoms with E-state index in [0.717, 1.165) is 21.7 Å². The van der Waals surface area contributed by atoms with Crippen molar-refractivity contribution in [3.05, 3.63) is 33.8 Å². The number of rotatable bonds is 2. The third-order valence-electron chi connectivity index (χ3n) is 4.55. The number of hydrogen-bond acceptors (Lipinski definition) is 2. The Morgan fingerprint density at radius 1 is 1.11 bits per heavy atom. The first kappa shape index (κ1) is 14.8. The summed E-state index contributed by atoms with van der Waals surface area (Å²) in [4.78, 5) is 0. The minimum Gasteiger partial charge on any atom is -0.388 e. The summed E-state index contributed by atoms with van der Waals surface area (Å²) in [6.45, 7) is 10.2. The van der Waals surface area contributed by atoms with Gasteiger partial charge >= 0.3 is 0 Å². The van der Waals surface area contributed by atoms with Crippen LogP contribution in [0.25, 0.3) is 0 Å². The highest BCUT2D eigenvalue weighted by atomic mass is 35.5. The van der Waals surface area contributed by atoms with Crippen LogP contribution >= 0.6 is 11.6 Å². The molecule has 2 nitrogen and oxygen atoms in total. The van der Waals surface area contributed by atoms with Gasteiger partial charge in [-0.1, -0.05) is 24.6 Å². The van der Waals surface area contributed by atoms with Crippen LogP contribution in [0.2, 0.25) is 5.02 Å². The fourth-order valence-electron chi connectivity index (χ4n) is 3.17. The third-order valence-corrected chi connectivity index (χ3v) is 4.96. The van der Waals surface area contributed by atoms with Gasteiger partial charge in [0, 0.05) is 10.9 Å². The fourth-order valence-corrected chi connectivity index (χ4v) is 3.39. The molecule has 5 atom stereocenters. The maximum atomic E-state index is 10.8. The van der Waals surface area contributed by atoms with Crippen molar-refractivity contribution < 1.29 is 9.84 Å². The zero-order valence-corrected chi connectivity index (χ0v) is 13.0. The Kier molecular flexibility index (Phi) is 4.24. The summed E-state index contributed by atoms with van der Waals surface area (Å²) in [5, 5.41) is 11.5. The molecule has 19 heavy (non-hydrogen) atoms. The van der Waals surface area contributed by atoms with Crippen molar-refractivity contribution in [1.29, 1.82) is 0 Å². The van der Waals surface area contributed by atoms with Gasteiger partial charge in [-0.2, -0.15) is 0 Å². The van der Waals surface area contributed by atoms with Crippen molar-refractivity contribution in [2.24, 2.45) is 11.8 Å². The average molecular weight is 283 g/mol. The quantitative estimate of drug-likeness (QED) is 0.887. The molecule has 1 fully saturated rings. The molecule has 0 aromatic heterocycles. The summed E-state index contributed by atoms with van der Waals surface area (Å²) < 4.78 is 5.84. The zero-order valence-electron chi connectivity index (χ0n) is 12.3. The lowest BCUT2D eigenvalue weighted by atomic mass is 9.81. The van der Waals surface area contributed by atoms with E-state index in [2.05, 4.69) is 13.8 Å². The number of aliphatic hydroxyl groups excluding tert-OH is 1. The summed E-state index contributed by atoms with van der Waals surface area (Å²) in [7, 11) is 0. The highest BCUT2D eigenvalue weighted by molar-refractivity contribution is 6.31. The number of hydrogen-bond donors (Lipinski definition) is 1. The molecule has 3 heteroatoms. The number of aliphatic hydroxyl groups is 1. The SMILES string of the molecule is Cc1cc(C(O)C2C(C)OC(C)C2C)c(C)cc1Cl. The van der Waals surface area contributed by atoms with E-state index in [1.807, 2.05) is 32.9 Å². The topological polar surface area (TPSA) is 29.5 Å². The Bertz CT molecular complexity index is 472. The predicted octanol–water partition coefficient (Wildman–Crippen LogP) is 4.05. The Balaban J connectivity index is 2.34. The van der Waals surface area contributed by atoms with E-state index in [-0.39, 0.29) is 18.1 Å². The minimum atomic E-state index is -0.495. The van der Waals surface area contributed by atoms with Crippen molar-refractivity contribution in [1.82, 2.24) is 0 Å². The van der Waals surface area contributed by atoms with Gasteiger partial charge in [0.2, 0.25) is 0 Å². The van der Waals surface area contributed by atoms with E-state index in [4.69, 9.17) is 16.3 Å². The summed E-state index contributed by atoms with van der Waals surface area (Å²) in [5.41, 5.74) is 3.03. The van der Waals surface area contributed by atoms with Gasteiger partial charge in [-0.25, -0.2) is 0 Å². The fraction of sp³-hybridized carbons (Fsp3) is 0.625. The van der Waals surface area contributed by atoms with Gasteiger partial charge in [-0.3, -0.25) is 0 Å². The smallest absolute Gasteiger partial charge is 0.0849 e. The largest absolute Gasteiger partial charge is 0.388 e. The first-order valence-electron chi connectivity index (χ1n) is 6.93. The Hall–Kier alpha value is -0.570. The lowest BCUT2D eigenvalue weighted by molar-refractivity contribution is 0.0229. The van der Waals surface area contributed by atoms with E-state index in [1.54, 1.807) is 0 Å². The number of benzene rings is 1. The summed E-state index contributed by atoms with van der Waals surface area (Å²) in [6.07, 6.45) is -0.218. The monoisotopic (exact) mass is 282 g/mol. The molecule has 0 spiro atoms. The van der Waals surface area contributed by atoms with E-state index >= 15 is 0 Å². The minimum absolute atomic E-state index is 0.0791. The lowest BCUT2D eigenvalue weighted by Crippen LogP contribution is -2.25. The average Bonchev–Trinajstić information content (AvgIpc) is 2.57. The van der Waals surface area contributed by atoms with Crippen LogP contribution < -0.4 is 0 Å². The zero-order chi connectivity index (χ0) is 14.3. The first-order chi connectivity index (χ1) is 8.82. The normalized spacial score (nSPS) is 32.6. The molecule has 106 valence electrons. The molecule has 0 bridgehead atoms. The standard InChI is InChI=1S/C16H23ClO2/c1-8-7-14(17)9(2)6-13(8)16(18)15-10(3)11(4)19-12(15)5/h6-7,10-12,15-16,18H,1-5H3. The molecule has 0 radical (unpaired) electrons. The number of halogens is 1. The van der Waals surface area contributed by atoms with Crippen molar-refractivity contribution in [2.45, 2.75) is 52.9 Å². The molecule has 1 saturated heterocycles. The molecule has 0 amide bonds. The van der Waals surface area contributed by atoms with E-state index < -0.39 is 6.10 Å². The maximum Gasteiger partial charge on any atom is 0.0849 e. The molecule has 1 heterocycles. The second-order valence-electron chi connectivity index (χ2n) is 5.89. The molecular formula is C16H23ClO2. The first-order valence-corrected chi connectivity index (χ1v) is 7.31. The van der Waals surface area contributed by atoms with Crippen LogP contribution in [0.1, 0.15) is 43.6 Å². The van der Waals surface area contributed by atoms with Gasteiger partial charge in [-0.05, 0) is 56.4 Å². The summed E-state index contributed by atoms with van der Waals surface area (Å²) in [5.74, 6) is 0.481. The van der Waals surface area contributed by atoms with Crippen molar-refractivity contribution in [3.63, 3.8) is 0 Å². The van der Waals surface area contributed by atoms with Crippen LogP contribution in [0.5, 0.6) is 0 Å². The molecular weight excluding hydrogens is 260 g/mol. The highest BCUT2D eigenvalue weighted by Crippen LogP contribution is 2.41. The van der Waals surface area contributed by atoms with Gasteiger partial charge in [0.15, 0.2) is 0 Å². The van der Waals surface area contributed by atoms with Gasteiger partial charge in [0.05, 0.1) is 18.3 Å². The van der Waals surface area contributed by atoms with Crippen LogP contribution in [0, 0.1) is 25.7 Å². The summed E-state index contributed by atoms with van der Waals surface area (Å²) >= 11 is 6.12. The van der Waals surface area contributed by atoms with Crippen LogP contribution in [0.3, 0.4) is 0 Å². The van der Waals surface area contributed by atoms with Crippen LogP contribution in [0.4, 0.5) is 0 Å². The van der Waals surface area contributed by atoms with Crippen molar-refractivity contribution >= 4 is 11.6 Å². The van der Waals surface area contributed by atoms with E-state index in [1.165, 1.54) is 0 Å². The van der Waals surface area contributed by atoms with E-state index in [9.17, 15) is 5.11 Å². The molecule has 1 aliphatic rings. The lowest BCUT2D eigenvalue weighted by Gasteiger charge is -2.26. The van der Waals surface area contributed by atoms with Gasteiger partial charge < -0.3 is 9.84 Å². The van der Waals surface area contributed by atoms with Gasteiger partial charge in [-0.15, -0.1) is 0 Å².